The molecule has 1 spiro atoms. The Morgan fingerprint density at radius 2 is 1.71 bits per heavy atom. The van der Waals surface area contributed by atoms with Crippen molar-refractivity contribution in [3.8, 4) is 0 Å². The SMILES string of the molecule is FC1=CC2(CCCCC2)C(c2ccccc2)=N1. The summed E-state index contributed by atoms with van der Waals surface area (Å²) >= 11 is 0. The lowest BCUT2D eigenvalue weighted by molar-refractivity contribution is 0.353. The van der Waals surface area contributed by atoms with Crippen LogP contribution in [0.25, 0.3) is 0 Å². The minimum absolute atomic E-state index is 0.121. The molecule has 0 aromatic heterocycles. The molecular weight excluding hydrogens is 213 g/mol. The number of nitrogens with zero attached hydrogens (tertiary/aromatic N) is 1. The highest BCUT2D eigenvalue weighted by Gasteiger charge is 2.40. The van der Waals surface area contributed by atoms with E-state index >= 15 is 0 Å². The first-order valence-electron chi connectivity index (χ1n) is 6.33. The molecule has 0 N–H and O–H groups in total. The van der Waals surface area contributed by atoms with E-state index in [1.807, 2.05) is 30.3 Å². The Hall–Kier alpha value is -1.44. The molecule has 88 valence electrons. The smallest absolute Gasteiger partial charge is 0.210 e. The maximum absolute atomic E-state index is 13.6. The fraction of sp³-hybridized carbons (Fsp3) is 0.400. The van der Waals surface area contributed by atoms with Gasteiger partial charge < -0.3 is 0 Å². The number of allylic oxidation sites excluding steroid dienone is 1. The predicted molar refractivity (Wildman–Crippen MR) is 67.7 cm³/mol. The van der Waals surface area contributed by atoms with Crippen LogP contribution in [0.4, 0.5) is 4.39 Å². The molecule has 0 atom stereocenters. The Balaban J connectivity index is 2.01. The molecule has 1 aromatic carbocycles. The number of halogens is 1. The molecule has 0 unspecified atom stereocenters. The van der Waals surface area contributed by atoms with Crippen molar-refractivity contribution in [3.05, 3.63) is 47.9 Å². The van der Waals surface area contributed by atoms with Gasteiger partial charge in [0.25, 0.3) is 0 Å². The second kappa shape index (κ2) is 4.10. The molecular formula is C15H16FN. The second-order valence-corrected chi connectivity index (χ2v) is 5.01. The number of hydrogen-bond donors (Lipinski definition) is 0. The van der Waals surface area contributed by atoms with Gasteiger partial charge in [-0.3, -0.25) is 0 Å². The third-order valence-corrected chi connectivity index (χ3v) is 3.88. The van der Waals surface area contributed by atoms with Crippen LogP contribution in [0, 0.1) is 5.41 Å². The molecule has 17 heavy (non-hydrogen) atoms. The molecule has 2 heteroatoms. The van der Waals surface area contributed by atoms with E-state index in [0.717, 1.165) is 24.1 Å². The highest BCUT2D eigenvalue weighted by molar-refractivity contribution is 6.07. The molecule has 1 heterocycles. The minimum Gasteiger partial charge on any atom is -0.224 e. The van der Waals surface area contributed by atoms with Gasteiger partial charge in [0.2, 0.25) is 5.95 Å². The van der Waals surface area contributed by atoms with Crippen molar-refractivity contribution >= 4 is 5.71 Å². The molecule has 1 aliphatic carbocycles. The summed E-state index contributed by atoms with van der Waals surface area (Å²) in [6.45, 7) is 0. The lowest BCUT2D eigenvalue weighted by Crippen LogP contribution is -2.30. The van der Waals surface area contributed by atoms with Crippen molar-refractivity contribution in [2.24, 2.45) is 10.4 Å². The Bertz CT molecular complexity index is 467. The number of aliphatic imine (C=N–C) groups is 1. The first-order valence-corrected chi connectivity index (χ1v) is 6.33. The van der Waals surface area contributed by atoms with Crippen LogP contribution in [-0.4, -0.2) is 5.71 Å². The van der Waals surface area contributed by atoms with Crippen molar-refractivity contribution in [1.82, 2.24) is 0 Å². The zero-order valence-corrected chi connectivity index (χ0v) is 9.82. The topological polar surface area (TPSA) is 12.4 Å². The highest BCUT2D eigenvalue weighted by Crippen LogP contribution is 2.45. The lowest BCUT2D eigenvalue weighted by atomic mass is 9.70. The van der Waals surface area contributed by atoms with Crippen molar-refractivity contribution < 1.29 is 4.39 Å². The van der Waals surface area contributed by atoms with E-state index in [1.165, 1.54) is 19.3 Å². The van der Waals surface area contributed by atoms with Crippen LogP contribution in [-0.2, 0) is 0 Å². The van der Waals surface area contributed by atoms with E-state index < -0.39 is 0 Å². The molecule has 0 radical (unpaired) electrons. The van der Waals surface area contributed by atoms with Gasteiger partial charge >= 0.3 is 0 Å². The van der Waals surface area contributed by atoms with Gasteiger partial charge in [0.05, 0.1) is 5.71 Å². The highest BCUT2D eigenvalue weighted by atomic mass is 19.1. The predicted octanol–water partition coefficient (Wildman–Crippen LogP) is 4.25. The number of rotatable bonds is 1. The standard InChI is InChI=1S/C15H16FN/c16-13-11-15(9-5-2-6-10-15)14(17-13)12-7-3-1-4-8-12/h1,3-4,7-8,11H,2,5-6,9-10H2. The van der Waals surface area contributed by atoms with E-state index in [2.05, 4.69) is 4.99 Å². The van der Waals surface area contributed by atoms with E-state index in [1.54, 1.807) is 6.08 Å². The van der Waals surface area contributed by atoms with Crippen LogP contribution in [0.3, 0.4) is 0 Å². The van der Waals surface area contributed by atoms with Crippen molar-refractivity contribution in [1.29, 1.82) is 0 Å². The minimum atomic E-state index is -0.300. The van der Waals surface area contributed by atoms with Gasteiger partial charge in [0.15, 0.2) is 0 Å². The van der Waals surface area contributed by atoms with Crippen LogP contribution in [0.1, 0.15) is 37.7 Å². The molecule has 0 amide bonds. The molecule has 1 aliphatic heterocycles. The summed E-state index contributed by atoms with van der Waals surface area (Å²) in [5, 5.41) is 0. The van der Waals surface area contributed by atoms with Crippen molar-refractivity contribution in [2.45, 2.75) is 32.1 Å². The van der Waals surface area contributed by atoms with Crippen molar-refractivity contribution in [2.75, 3.05) is 0 Å². The molecule has 0 bridgehead atoms. The van der Waals surface area contributed by atoms with Gasteiger partial charge in [-0.25, -0.2) is 4.99 Å². The summed E-state index contributed by atoms with van der Waals surface area (Å²) in [6, 6.07) is 10.0. The third-order valence-electron chi connectivity index (χ3n) is 3.88. The van der Waals surface area contributed by atoms with Crippen LogP contribution in [0.15, 0.2) is 47.4 Å². The van der Waals surface area contributed by atoms with Gasteiger partial charge in [0, 0.05) is 5.41 Å². The molecule has 2 aliphatic rings. The fourth-order valence-corrected chi connectivity index (χ4v) is 3.06. The molecule has 1 aromatic rings. The quantitative estimate of drug-likeness (QED) is 0.638. The average molecular weight is 229 g/mol. The maximum Gasteiger partial charge on any atom is 0.210 e. The summed E-state index contributed by atoms with van der Waals surface area (Å²) in [5.41, 5.74) is 1.89. The van der Waals surface area contributed by atoms with Crippen molar-refractivity contribution in [3.63, 3.8) is 0 Å². The number of hydrogen-bond acceptors (Lipinski definition) is 1. The Morgan fingerprint density at radius 1 is 1.00 bits per heavy atom. The van der Waals surface area contributed by atoms with Crippen LogP contribution >= 0.6 is 0 Å². The average Bonchev–Trinajstić information content (AvgIpc) is 2.68. The Labute approximate surface area is 101 Å². The first kappa shape index (κ1) is 10.7. The van der Waals surface area contributed by atoms with Gasteiger partial charge in [-0.05, 0) is 24.5 Å². The molecule has 1 nitrogen and oxygen atoms in total. The summed E-state index contributed by atoms with van der Waals surface area (Å²) in [5.74, 6) is -0.300. The van der Waals surface area contributed by atoms with Crippen LogP contribution in [0.5, 0.6) is 0 Å². The molecule has 1 fully saturated rings. The van der Waals surface area contributed by atoms with E-state index in [9.17, 15) is 4.39 Å². The number of benzene rings is 1. The maximum atomic E-state index is 13.6. The van der Waals surface area contributed by atoms with Crippen LogP contribution in [0.2, 0.25) is 0 Å². The van der Waals surface area contributed by atoms with Gasteiger partial charge in [-0.1, -0.05) is 49.6 Å². The fourth-order valence-electron chi connectivity index (χ4n) is 3.06. The van der Waals surface area contributed by atoms with E-state index in [4.69, 9.17) is 0 Å². The van der Waals surface area contributed by atoms with Crippen LogP contribution < -0.4 is 0 Å². The Kier molecular flexibility index (Phi) is 2.58. The summed E-state index contributed by atoms with van der Waals surface area (Å²) < 4.78 is 13.6. The summed E-state index contributed by atoms with van der Waals surface area (Å²) in [7, 11) is 0. The van der Waals surface area contributed by atoms with Gasteiger partial charge in [-0.2, -0.15) is 4.39 Å². The van der Waals surface area contributed by atoms with Gasteiger partial charge in [-0.15, -0.1) is 0 Å². The Morgan fingerprint density at radius 3 is 2.41 bits per heavy atom. The second-order valence-electron chi connectivity index (χ2n) is 5.01. The van der Waals surface area contributed by atoms with E-state index in [0.29, 0.717) is 0 Å². The summed E-state index contributed by atoms with van der Waals surface area (Å²) in [4.78, 5) is 4.15. The van der Waals surface area contributed by atoms with E-state index in [-0.39, 0.29) is 11.4 Å². The molecule has 0 saturated heterocycles. The first-order chi connectivity index (χ1) is 8.30. The molecule has 3 rings (SSSR count). The lowest BCUT2D eigenvalue weighted by Gasteiger charge is -2.33. The normalized spacial score (nSPS) is 22.4. The third kappa shape index (κ3) is 1.82. The zero-order valence-electron chi connectivity index (χ0n) is 9.82. The van der Waals surface area contributed by atoms with Gasteiger partial charge in [0.1, 0.15) is 0 Å². The largest absolute Gasteiger partial charge is 0.224 e. The monoisotopic (exact) mass is 229 g/mol. The zero-order chi connectivity index (χ0) is 11.7. The molecule has 1 saturated carbocycles. The summed E-state index contributed by atoms with van der Waals surface area (Å²) in [6.07, 6.45) is 7.43.